The van der Waals surface area contributed by atoms with Crippen molar-refractivity contribution in [2.45, 2.75) is 91.9 Å². The van der Waals surface area contributed by atoms with E-state index in [0.717, 1.165) is 42.5 Å². The lowest BCUT2D eigenvalue weighted by atomic mass is 9.99. The summed E-state index contributed by atoms with van der Waals surface area (Å²) in [6, 6.07) is 0. The fourth-order valence-electron chi connectivity index (χ4n) is 2.35. The fraction of sp³-hybridized carbons (Fsp3) is 0.667. The first-order valence-electron chi connectivity index (χ1n) is 9.52. The predicted octanol–water partition coefficient (Wildman–Crippen LogP) is 6.36. The minimum absolute atomic E-state index is 0.341. The largest absolute Gasteiger partial charge is 0.481 e. The average Bonchev–Trinajstić information content (AvgIpc) is 2.56. The van der Waals surface area contributed by atoms with E-state index in [2.05, 4.69) is 25.7 Å². The molecule has 24 heavy (non-hydrogen) atoms. The van der Waals surface area contributed by atoms with Crippen molar-refractivity contribution in [1.29, 1.82) is 0 Å². The van der Waals surface area contributed by atoms with Gasteiger partial charge in [0.25, 0.3) is 0 Å². The molecule has 140 valence electrons. The van der Waals surface area contributed by atoms with Gasteiger partial charge in [0, 0.05) is 12.1 Å². The first-order valence-corrected chi connectivity index (χ1v) is 9.52. The highest BCUT2D eigenvalue weighted by atomic mass is 16.4. The standard InChI is InChI=1S/C10H20O2.C9H13N.C2H6/c1-2-3-4-5-6-7-8-9-10(11)12;1-7(2)8-5-3-4-6-9(8)10;1-2/h2-9H2,1H3,(H,11,12);5-6H,1,3-4,10H2,2H3;1-2H3. The van der Waals surface area contributed by atoms with Gasteiger partial charge in [-0.15, -0.1) is 0 Å². The van der Waals surface area contributed by atoms with Crippen LogP contribution in [0, 0.1) is 0 Å². The number of allylic oxidation sites excluding steroid dienone is 3. The van der Waals surface area contributed by atoms with E-state index in [9.17, 15) is 4.79 Å². The van der Waals surface area contributed by atoms with E-state index in [4.69, 9.17) is 10.8 Å². The number of carboxylic acids is 1. The molecule has 0 heterocycles. The fourth-order valence-corrected chi connectivity index (χ4v) is 2.35. The van der Waals surface area contributed by atoms with Gasteiger partial charge in [0.2, 0.25) is 0 Å². The van der Waals surface area contributed by atoms with Crippen LogP contribution in [-0.4, -0.2) is 11.1 Å². The molecule has 0 aliphatic heterocycles. The molecule has 0 bridgehead atoms. The third-order valence-electron chi connectivity index (χ3n) is 3.64. The van der Waals surface area contributed by atoms with Gasteiger partial charge in [0.05, 0.1) is 0 Å². The molecule has 0 spiro atoms. The number of hydrogen-bond donors (Lipinski definition) is 2. The van der Waals surface area contributed by atoms with Crippen LogP contribution in [0.2, 0.25) is 0 Å². The van der Waals surface area contributed by atoms with E-state index in [1.165, 1.54) is 32.1 Å². The van der Waals surface area contributed by atoms with Crippen molar-refractivity contribution >= 4 is 5.97 Å². The summed E-state index contributed by atoms with van der Waals surface area (Å²) < 4.78 is 0. The van der Waals surface area contributed by atoms with Gasteiger partial charge in [-0.3, -0.25) is 4.79 Å². The maximum atomic E-state index is 10.1. The molecule has 0 atom stereocenters. The second-order valence-corrected chi connectivity index (χ2v) is 5.90. The molecule has 0 aromatic heterocycles. The minimum atomic E-state index is -0.663. The summed E-state index contributed by atoms with van der Waals surface area (Å²) in [5.41, 5.74) is 8.79. The van der Waals surface area contributed by atoms with Crippen LogP contribution < -0.4 is 5.73 Å². The second kappa shape index (κ2) is 17.8. The van der Waals surface area contributed by atoms with Crippen molar-refractivity contribution < 1.29 is 9.90 Å². The quantitative estimate of drug-likeness (QED) is 0.481. The first kappa shape index (κ1) is 24.7. The molecule has 0 saturated heterocycles. The lowest BCUT2D eigenvalue weighted by Crippen LogP contribution is -2.04. The molecular weight excluding hydrogens is 298 g/mol. The van der Waals surface area contributed by atoms with Crippen molar-refractivity contribution in [1.82, 2.24) is 0 Å². The van der Waals surface area contributed by atoms with Crippen molar-refractivity contribution in [2.75, 3.05) is 0 Å². The smallest absolute Gasteiger partial charge is 0.303 e. The molecule has 1 aliphatic carbocycles. The van der Waals surface area contributed by atoms with Crippen LogP contribution in [0.3, 0.4) is 0 Å². The number of rotatable bonds is 9. The Labute approximate surface area is 149 Å². The Morgan fingerprint density at radius 3 is 2.00 bits per heavy atom. The molecule has 1 aliphatic rings. The van der Waals surface area contributed by atoms with Gasteiger partial charge >= 0.3 is 5.97 Å². The summed E-state index contributed by atoms with van der Waals surface area (Å²) in [5.74, 6) is -0.663. The third-order valence-corrected chi connectivity index (χ3v) is 3.64. The second-order valence-electron chi connectivity index (χ2n) is 5.90. The van der Waals surface area contributed by atoms with Gasteiger partial charge in [-0.1, -0.05) is 78.0 Å². The molecule has 0 aromatic carbocycles. The highest BCUT2D eigenvalue weighted by Gasteiger charge is 2.04. The zero-order valence-corrected chi connectivity index (χ0v) is 16.4. The van der Waals surface area contributed by atoms with Crippen LogP contribution in [0.15, 0.2) is 35.6 Å². The molecule has 1 rings (SSSR count). The molecule has 0 amide bonds. The van der Waals surface area contributed by atoms with E-state index in [1.807, 2.05) is 20.8 Å². The number of carboxylic acid groups (broad SMARTS) is 1. The van der Waals surface area contributed by atoms with Gasteiger partial charge < -0.3 is 10.8 Å². The maximum Gasteiger partial charge on any atom is 0.303 e. The number of nitrogens with two attached hydrogens (primary N) is 1. The average molecular weight is 338 g/mol. The van der Waals surface area contributed by atoms with E-state index < -0.39 is 5.97 Å². The normalized spacial score (nSPS) is 12.7. The summed E-state index contributed by atoms with van der Waals surface area (Å²) >= 11 is 0. The Morgan fingerprint density at radius 1 is 1.08 bits per heavy atom. The Kier molecular flexibility index (Phi) is 18.4. The van der Waals surface area contributed by atoms with Crippen LogP contribution in [0.1, 0.15) is 91.9 Å². The lowest BCUT2D eigenvalue weighted by Gasteiger charge is -2.11. The van der Waals surface area contributed by atoms with Gasteiger partial charge in [0.1, 0.15) is 0 Å². The Hall–Kier alpha value is -1.51. The molecular formula is C21H39NO2. The van der Waals surface area contributed by atoms with Crippen LogP contribution in [0.25, 0.3) is 0 Å². The van der Waals surface area contributed by atoms with E-state index in [-0.39, 0.29) is 0 Å². The molecule has 0 saturated carbocycles. The van der Waals surface area contributed by atoms with Crippen molar-refractivity contribution in [2.24, 2.45) is 5.73 Å². The van der Waals surface area contributed by atoms with Crippen molar-refractivity contribution in [3.05, 3.63) is 35.6 Å². The van der Waals surface area contributed by atoms with Gasteiger partial charge in [-0.05, 0) is 37.3 Å². The number of aliphatic carboxylic acids is 1. The molecule has 3 heteroatoms. The summed E-state index contributed by atoms with van der Waals surface area (Å²) in [4.78, 5) is 10.1. The zero-order chi connectivity index (χ0) is 18.8. The number of unbranched alkanes of at least 4 members (excludes halogenated alkanes) is 6. The summed E-state index contributed by atoms with van der Waals surface area (Å²) in [5, 5.41) is 8.35. The van der Waals surface area contributed by atoms with Gasteiger partial charge in [0.15, 0.2) is 0 Å². The van der Waals surface area contributed by atoms with Gasteiger partial charge in [-0.2, -0.15) is 0 Å². The maximum absolute atomic E-state index is 10.1. The molecule has 3 nitrogen and oxygen atoms in total. The van der Waals surface area contributed by atoms with Gasteiger partial charge in [-0.25, -0.2) is 0 Å². The molecule has 0 aromatic rings. The third kappa shape index (κ3) is 15.4. The monoisotopic (exact) mass is 337 g/mol. The topological polar surface area (TPSA) is 63.3 Å². The number of hydrogen-bond acceptors (Lipinski definition) is 2. The lowest BCUT2D eigenvalue weighted by molar-refractivity contribution is -0.137. The Balaban J connectivity index is 0. The molecule has 0 unspecified atom stereocenters. The van der Waals surface area contributed by atoms with Crippen LogP contribution in [0.4, 0.5) is 0 Å². The van der Waals surface area contributed by atoms with E-state index in [1.54, 1.807) is 0 Å². The molecule has 0 radical (unpaired) electrons. The number of carbonyl (C=O) groups is 1. The highest BCUT2D eigenvalue weighted by molar-refractivity contribution is 5.66. The Morgan fingerprint density at radius 2 is 1.58 bits per heavy atom. The van der Waals surface area contributed by atoms with E-state index in [0.29, 0.717) is 6.42 Å². The van der Waals surface area contributed by atoms with Crippen molar-refractivity contribution in [3.8, 4) is 0 Å². The highest BCUT2D eigenvalue weighted by Crippen LogP contribution is 2.19. The first-order chi connectivity index (χ1) is 11.5. The van der Waals surface area contributed by atoms with Crippen LogP contribution >= 0.6 is 0 Å². The SMILES string of the molecule is C=C(C)C1=CCCC=C1N.CC.CCCCCCCCCC(=O)O. The minimum Gasteiger partial charge on any atom is -0.481 e. The molecule has 0 fully saturated rings. The van der Waals surface area contributed by atoms with Crippen LogP contribution in [0.5, 0.6) is 0 Å². The Bertz CT molecular complexity index is 395. The summed E-state index contributed by atoms with van der Waals surface area (Å²) in [6.45, 7) is 12.0. The van der Waals surface area contributed by atoms with Crippen LogP contribution in [-0.2, 0) is 4.79 Å². The summed E-state index contributed by atoms with van der Waals surface area (Å²) in [7, 11) is 0. The predicted molar refractivity (Wildman–Crippen MR) is 106 cm³/mol. The summed E-state index contributed by atoms with van der Waals surface area (Å²) in [6.07, 6.45) is 15.0. The molecule has 3 N–H and O–H groups in total. The van der Waals surface area contributed by atoms with Crippen molar-refractivity contribution in [3.63, 3.8) is 0 Å². The zero-order valence-electron chi connectivity index (χ0n) is 16.4. The van der Waals surface area contributed by atoms with E-state index >= 15 is 0 Å².